The Kier molecular flexibility index (Phi) is 2.49. The Morgan fingerprint density at radius 3 is 2.67 bits per heavy atom. The zero-order valence-corrected chi connectivity index (χ0v) is 6.14. The zero-order chi connectivity index (χ0) is 6.69. The van der Waals surface area contributed by atoms with Crippen molar-refractivity contribution in [3.8, 4) is 0 Å². The second-order valence-corrected chi connectivity index (χ2v) is 2.80. The highest BCUT2D eigenvalue weighted by Crippen LogP contribution is 2.05. The highest BCUT2D eigenvalue weighted by Gasteiger charge is 2.16. The van der Waals surface area contributed by atoms with Crippen molar-refractivity contribution < 1.29 is 0 Å². The van der Waals surface area contributed by atoms with Crippen LogP contribution in [0.4, 0.5) is 0 Å². The lowest BCUT2D eigenvalue weighted by atomic mass is 10.2. The zero-order valence-electron chi connectivity index (χ0n) is 6.14. The van der Waals surface area contributed by atoms with E-state index in [0.29, 0.717) is 6.04 Å². The van der Waals surface area contributed by atoms with Crippen LogP contribution in [0.1, 0.15) is 19.8 Å². The summed E-state index contributed by atoms with van der Waals surface area (Å²) >= 11 is 0. The van der Waals surface area contributed by atoms with Crippen LogP contribution in [0, 0.1) is 0 Å². The average Bonchev–Trinajstić information content (AvgIpc) is 2.65. The van der Waals surface area contributed by atoms with Gasteiger partial charge in [-0.1, -0.05) is 6.92 Å². The van der Waals surface area contributed by atoms with Crippen LogP contribution < -0.4 is 5.73 Å². The molecule has 0 aliphatic carbocycles. The summed E-state index contributed by atoms with van der Waals surface area (Å²) in [4.78, 5) is 2.41. The molecule has 0 bridgehead atoms. The fourth-order valence-corrected chi connectivity index (χ4v) is 0.847. The molecule has 9 heavy (non-hydrogen) atoms. The summed E-state index contributed by atoms with van der Waals surface area (Å²) in [7, 11) is 0. The minimum absolute atomic E-state index is 0.436. The van der Waals surface area contributed by atoms with Crippen LogP contribution in [0.25, 0.3) is 0 Å². The van der Waals surface area contributed by atoms with Crippen LogP contribution in [0.3, 0.4) is 0 Å². The van der Waals surface area contributed by atoms with Gasteiger partial charge in [0.25, 0.3) is 0 Å². The molecule has 0 aromatic carbocycles. The van der Waals surface area contributed by atoms with Gasteiger partial charge in [0.05, 0.1) is 0 Å². The monoisotopic (exact) mass is 128 g/mol. The van der Waals surface area contributed by atoms with Gasteiger partial charge in [-0.15, -0.1) is 0 Å². The van der Waals surface area contributed by atoms with Crippen molar-refractivity contribution in [1.29, 1.82) is 0 Å². The van der Waals surface area contributed by atoms with Crippen molar-refractivity contribution in [2.24, 2.45) is 5.73 Å². The second kappa shape index (κ2) is 3.18. The van der Waals surface area contributed by atoms with E-state index in [-0.39, 0.29) is 0 Å². The van der Waals surface area contributed by atoms with Gasteiger partial charge in [0, 0.05) is 19.1 Å². The van der Waals surface area contributed by atoms with Crippen LogP contribution >= 0.6 is 0 Å². The Bertz CT molecular complexity index is 79.0. The van der Waals surface area contributed by atoms with Gasteiger partial charge in [0.15, 0.2) is 0 Å². The molecule has 54 valence electrons. The van der Waals surface area contributed by atoms with Gasteiger partial charge in [-0.3, -0.25) is 0 Å². The summed E-state index contributed by atoms with van der Waals surface area (Å²) in [6, 6.07) is 0.436. The lowest BCUT2D eigenvalue weighted by molar-refractivity contribution is 0.479. The van der Waals surface area contributed by atoms with Gasteiger partial charge in [-0.2, -0.15) is 0 Å². The maximum atomic E-state index is 5.72. The van der Waals surface area contributed by atoms with Gasteiger partial charge in [0.1, 0.15) is 0 Å². The van der Waals surface area contributed by atoms with Crippen LogP contribution in [0.15, 0.2) is 0 Å². The molecule has 1 aliphatic heterocycles. The van der Waals surface area contributed by atoms with E-state index in [4.69, 9.17) is 5.73 Å². The normalized spacial score (nSPS) is 22.0. The third-order valence-electron chi connectivity index (χ3n) is 1.88. The highest BCUT2D eigenvalue weighted by molar-refractivity contribution is 4.73. The van der Waals surface area contributed by atoms with E-state index < -0.39 is 0 Å². The molecule has 0 spiro atoms. The Balaban J connectivity index is 1.90. The Morgan fingerprint density at radius 2 is 2.22 bits per heavy atom. The predicted octanol–water partition coefficient (Wildman–Crippen LogP) is 0.429. The largest absolute Gasteiger partial charge is 0.328 e. The van der Waals surface area contributed by atoms with Crippen molar-refractivity contribution in [3.05, 3.63) is 0 Å². The Labute approximate surface area is 57.0 Å². The van der Waals surface area contributed by atoms with Gasteiger partial charge in [-0.05, 0) is 19.4 Å². The first kappa shape index (κ1) is 7.03. The van der Waals surface area contributed by atoms with Gasteiger partial charge < -0.3 is 10.6 Å². The molecule has 0 radical (unpaired) electrons. The summed E-state index contributed by atoms with van der Waals surface area (Å²) in [5, 5.41) is 0. The minimum Gasteiger partial charge on any atom is -0.328 e. The molecule has 1 heterocycles. The van der Waals surface area contributed by atoms with E-state index >= 15 is 0 Å². The molecular formula is C7H16N2. The molecule has 0 amide bonds. The number of hydrogen-bond donors (Lipinski definition) is 1. The van der Waals surface area contributed by atoms with Crippen molar-refractivity contribution in [1.82, 2.24) is 4.90 Å². The smallest absolute Gasteiger partial charge is 0.0110 e. The molecule has 0 saturated carbocycles. The van der Waals surface area contributed by atoms with Crippen LogP contribution in [-0.4, -0.2) is 30.6 Å². The van der Waals surface area contributed by atoms with Crippen molar-refractivity contribution >= 4 is 0 Å². The van der Waals surface area contributed by atoms with E-state index in [9.17, 15) is 0 Å². The number of rotatable bonds is 4. The summed E-state index contributed by atoms with van der Waals surface area (Å²) in [6.07, 6.45) is 2.30. The third-order valence-corrected chi connectivity index (χ3v) is 1.88. The average molecular weight is 128 g/mol. The SMILES string of the molecule is CCC(N)CCN1CC1. The first-order valence-electron chi connectivity index (χ1n) is 3.81. The van der Waals surface area contributed by atoms with E-state index in [1.807, 2.05) is 0 Å². The molecular weight excluding hydrogens is 112 g/mol. The molecule has 1 fully saturated rings. The standard InChI is InChI=1S/C7H16N2/c1-2-7(8)3-4-9-5-6-9/h7H,2-6,8H2,1H3. The fraction of sp³-hybridized carbons (Fsp3) is 1.00. The lowest BCUT2D eigenvalue weighted by Crippen LogP contribution is -2.21. The molecule has 2 nitrogen and oxygen atoms in total. The predicted molar refractivity (Wildman–Crippen MR) is 39.3 cm³/mol. The maximum absolute atomic E-state index is 5.72. The van der Waals surface area contributed by atoms with E-state index in [1.54, 1.807) is 0 Å². The molecule has 1 atom stereocenters. The first-order valence-corrected chi connectivity index (χ1v) is 3.81. The van der Waals surface area contributed by atoms with Crippen molar-refractivity contribution in [2.45, 2.75) is 25.8 Å². The lowest BCUT2D eigenvalue weighted by Gasteiger charge is -2.07. The molecule has 1 unspecified atom stereocenters. The van der Waals surface area contributed by atoms with Crippen LogP contribution in [0.5, 0.6) is 0 Å². The third kappa shape index (κ3) is 2.82. The molecule has 1 saturated heterocycles. The molecule has 2 heteroatoms. The molecule has 0 aromatic rings. The summed E-state index contributed by atoms with van der Waals surface area (Å²) in [6.45, 7) is 5.97. The number of nitrogens with two attached hydrogens (primary N) is 1. The topological polar surface area (TPSA) is 29.0 Å². The van der Waals surface area contributed by atoms with Crippen LogP contribution in [0.2, 0.25) is 0 Å². The Morgan fingerprint density at radius 1 is 1.56 bits per heavy atom. The van der Waals surface area contributed by atoms with E-state index in [0.717, 1.165) is 6.42 Å². The van der Waals surface area contributed by atoms with E-state index in [1.165, 1.54) is 26.1 Å². The quantitative estimate of drug-likeness (QED) is 0.556. The van der Waals surface area contributed by atoms with Gasteiger partial charge in [0.2, 0.25) is 0 Å². The summed E-state index contributed by atoms with van der Waals surface area (Å²) in [5.74, 6) is 0. The number of nitrogens with zero attached hydrogens (tertiary/aromatic N) is 1. The van der Waals surface area contributed by atoms with E-state index in [2.05, 4.69) is 11.8 Å². The van der Waals surface area contributed by atoms with Crippen LogP contribution in [-0.2, 0) is 0 Å². The first-order chi connectivity index (χ1) is 4.33. The summed E-state index contributed by atoms with van der Waals surface area (Å²) < 4.78 is 0. The maximum Gasteiger partial charge on any atom is 0.0110 e. The fourth-order valence-electron chi connectivity index (χ4n) is 0.847. The molecule has 0 aromatic heterocycles. The van der Waals surface area contributed by atoms with Gasteiger partial charge in [-0.25, -0.2) is 0 Å². The van der Waals surface area contributed by atoms with Gasteiger partial charge >= 0.3 is 0 Å². The summed E-state index contributed by atoms with van der Waals surface area (Å²) in [5.41, 5.74) is 5.72. The molecule has 1 aliphatic rings. The molecule has 2 N–H and O–H groups in total. The number of hydrogen-bond acceptors (Lipinski definition) is 2. The molecule has 1 rings (SSSR count). The minimum atomic E-state index is 0.436. The highest BCUT2D eigenvalue weighted by atomic mass is 15.2. The van der Waals surface area contributed by atoms with Crippen molar-refractivity contribution in [3.63, 3.8) is 0 Å². The second-order valence-electron chi connectivity index (χ2n) is 2.80. The Hall–Kier alpha value is -0.0800. The van der Waals surface area contributed by atoms with Crippen molar-refractivity contribution in [2.75, 3.05) is 19.6 Å².